The smallest absolute Gasteiger partial charge is 0.247 e. The number of hydrogen-bond acceptors (Lipinski definition) is 4. The lowest BCUT2D eigenvalue weighted by molar-refractivity contribution is -0.116. The van der Waals surface area contributed by atoms with Gasteiger partial charge in [-0.3, -0.25) is 9.10 Å². The molecule has 6 nitrogen and oxygen atoms in total. The molecule has 0 heterocycles. The number of hydrogen-bond donors (Lipinski definition) is 1. The number of ether oxygens (including phenoxy) is 1. The van der Waals surface area contributed by atoms with Crippen molar-refractivity contribution in [2.45, 2.75) is 13.0 Å². The molecule has 0 aliphatic heterocycles. The number of nitrogens with zero attached hydrogens (tertiary/aromatic N) is 1. The van der Waals surface area contributed by atoms with Crippen LogP contribution in [0.25, 0.3) is 0 Å². The molecule has 0 spiro atoms. The molecule has 0 bridgehead atoms. The molecule has 0 aromatic heterocycles. The Morgan fingerprint density at radius 2 is 1.77 bits per heavy atom. The van der Waals surface area contributed by atoms with E-state index in [-0.39, 0.29) is 10.7 Å². The van der Waals surface area contributed by atoms with Crippen LogP contribution in [0.1, 0.15) is 6.92 Å². The van der Waals surface area contributed by atoms with Crippen LogP contribution in [0.4, 0.5) is 11.4 Å². The number of amides is 1. The third-order valence-electron chi connectivity index (χ3n) is 3.59. The van der Waals surface area contributed by atoms with Gasteiger partial charge in [0, 0.05) is 10.7 Å². The first-order chi connectivity index (χ1) is 12.1. The zero-order valence-electron chi connectivity index (χ0n) is 14.4. The van der Waals surface area contributed by atoms with Crippen molar-refractivity contribution in [1.82, 2.24) is 0 Å². The number of carbonyl (C=O) groups excluding carboxylic acids is 1. The van der Waals surface area contributed by atoms with Crippen LogP contribution in [0.5, 0.6) is 5.75 Å². The fourth-order valence-electron chi connectivity index (χ4n) is 2.36. The molecule has 1 N–H and O–H groups in total. The van der Waals surface area contributed by atoms with Crippen molar-refractivity contribution >= 4 is 50.5 Å². The standard InChI is InChI=1S/C17H18Cl2N2O4S/c1-11(17(22)20-13-5-7-14(25-2)8-6-13)21(26(3,23)24)16-10-12(18)4-9-15(16)19/h4-11H,1-3H3,(H,20,22)/t11-/m1/s1. The predicted molar refractivity (Wildman–Crippen MR) is 105 cm³/mol. The van der Waals surface area contributed by atoms with Gasteiger partial charge in [0.15, 0.2) is 0 Å². The van der Waals surface area contributed by atoms with E-state index in [0.717, 1.165) is 10.6 Å². The van der Waals surface area contributed by atoms with Gasteiger partial charge < -0.3 is 10.1 Å². The maximum absolute atomic E-state index is 12.6. The minimum Gasteiger partial charge on any atom is -0.497 e. The van der Waals surface area contributed by atoms with Gasteiger partial charge in [-0.05, 0) is 49.4 Å². The monoisotopic (exact) mass is 416 g/mol. The van der Waals surface area contributed by atoms with Crippen molar-refractivity contribution in [1.29, 1.82) is 0 Å². The highest BCUT2D eigenvalue weighted by atomic mass is 35.5. The first-order valence-electron chi connectivity index (χ1n) is 7.53. The SMILES string of the molecule is COc1ccc(NC(=O)[C@@H](C)N(c2cc(Cl)ccc2Cl)S(C)(=O)=O)cc1. The quantitative estimate of drug-likeness (QED) is 0.776. The van der Waals surface area contributed by atoms with Crippen molar-refractivity contribution in [2.75, 3.05) is 23.0 Å². The van der Waals surface area contributed by atoms with E-state index < -0.39 is 22.0 Å². The number of halogens is 2. The second-order valence-electron chi connectivity index (χ2n) is 5.55. The van der Waals surface area contributed by atoms with E-state index in [1.807, 2.05) is 0 Å². The maximum atomic E-state index is 12.6. The van der Waals surface area contributed by atoms with E-state index in [2.05, 4.69) is 5.32 Å². The fraction of sp³-hybridized carbons (Fsp3) is 0.235. The minimum atomic E-state index is -3.80. The molecule has 9 heteroatoms. The van der Waals surface area contributed by atoms with Crippen LogP contribution in [0.2, 0.25) is 10.0 Å². The Balaban J connectivity index is 2.32. The van der Waals surface area contributed by atoms with Crippen molar-refractivity contribution < 1.29 is 17.9 Å². The summed E-state index contributed by atoms with van der Waals surface area (Å²) in [4.78, 5) is 12.6. The summed E-state index contributed by atoms with van der Waals surface area (Å²) in [6.07, 6.45) is 1.00. The molecule has 0 fully saturated rings. The largest absolute Gasteiger partial charge is 0.497 e. The van der Waals surface area contributed by atoms with E-state index in [0.29, 0.717) is 16.5 Å². The van der Waals surface area contributed by atoms with E-state index >= 15 is 0 Å². The van der Waals surface area contributed by atoms with Gasteiger partial charge in [-0.2, -0.15) is 0 Å². The van der Waals surface area contributed by atoms with Gasteiger partial charge in [0.05, 0.1) is 24.1 Å². The molecule has 0 unspecified atom stereocenters. The Kier molecular flexibility index (Phi) is 6.39. The minimum absolute atomic E-state index is 0.138. The number of nitrogens with one attached hydrogen (secondary N) is 1. The maximum Gasteiger partial charge on any atom is 0.247 e. The van der Waals surface area contributed by atoms with Gasteiger partial charge in [-0.15, -0.1) is 0 Å². The van der Waals surface area contributed by atoms with Gasteiger partial charge >= 0.3 is 0 Å². The summed E-state index contributed by atoms with van der Waals surface area (Å²) < 4.78 is 30.6. The Bertz CT molecular complexity index is 901. The molecule has 0 saturated carbocycles. The summed E-state index contributed by atoms with van der Waals surface area (Å²) in [6.45, 7) is 1.47. The molecule has 0 aliphatic carbocycles. The van der Waals surface area contributed by atoms with Crippen LogP contribution in [0, 0.1) is 0 Å². The van der Waals surface area contributed by atoms with E-state index in [9.17, 15) is 13.2 Å². The molecule has 2 rings (SSSR count). The van der Waals surface area contributed by atoms with Crippen LogP contribution in [-0.2, 0) is 14.8 Å². The Morgan fingerprint density at radius 3 is 2.31 bits per heavy atom. The van der Waals surface area contributed by atoms with Crippen LogP contribution in [0.3, 0.4) is 0 Å². The molecule has 1 amide bonds. The molecule has 1 atom stereocenters. The summed E-state index contributed by atoms with van der Waals surface area (Å²) in [7, 11) is -2.26. The average molecular weight is 417 g/mol. The third-order valence-corrected chi connectivity index (χ3v) is 5.37. The number of anilines is 2. The fourth-order valence-corrected chi connectivity index (χ4v) is 3.96. The number of benzene rings is 2. The summed E-state index contributed by atoms with van der Waals surface area (Å²) in [5, 5.41) is 3.15. The zero-order valence-corrected chi connectivity index (χ0v) is 16.7. The van der Waals surface area contributed by atoms with Crippen molar-refractivity contribution in [2.24, 2.45) is 0 Å². The Morgan fingerprint density at radius 1 is 1.15 bits per heavy atom. The molecule has 2 aromatic carbocycles. The lowest BCUT2D eigenvalue weighted by Crippen LogP contribution is -2.45. The predicted octanol–water partition coefficient (Wildman–Crippen LogP) is 3.80. The highest BCUT2D eigenvalue weighted by Gasteiger charge is 2.30. The molecule has 0 radical (unpaired) electrons. The van der Waals surface area contributed by atoms with E-state index in [1.54, 1.807) is 24.3 Å². The third kappa shape index (κ3) is 4.81. The van der Waals surface area contributed by atoms with Gasteiger partial charge in [0.2, 0.25) is 15.9 Å². The van der Waals surface area contributed by atoms with Crippen LogP contribution in [-0.4, -0.2) is 33.7 Å². The molecule has 0 saturated heterocycles. The van der Waals surface area contributed by atoms with Gasteiger partial charge in [-0.1, -0.05) is 23.2 Å². The van der Waals surface area contributed by atoms with Crippen molar-refractivity contribution in [3.63, 3.8) is 0 Å². The first-order valence-corrected chi connectivity index (χ1v) is 10.1. The number of sulfonamides is 1. The summed E-state index contributed by atoms with van der Waals surface area (Å²) in [5.74, 6) is 0.121. The molecule has 0 aliphatic rings. The molecule has 26 heavy (non-hydrogen) atoms. The average Bonchev–Trinajstić information content (AvgIpc) is 2.57. The normalized spacial score (nSPS) is 12.3. The van der Waals surface area contributed by atoms with Gasteiger partial charge in [0.1, 0.15) is 11.8 Å². The van der Waals surface area contributed by atoms with Crippen LogP contribution in [0.15, 0.2) is 42.5 Å². The first kappa shape index (κ1) is 20.4. The van der Waals surface area contributed by atoms with E-state index in [1.165, 1.54) is 32.2 Å². The molecule has 2 aromatic rings. The lowest BCUT2D eigenvalue weighted by Gasteiger charge is -2.29. The number of methoxy groups -OCH3 is 1. The second kappa shape index (κ2) is 8.16. The van der Waals surface area contributed by atoms with E-state index in [4.69, 9.17) is 27.9 Å². The summed E-state index contributed by atoms with van der Waals surface area (Å²) in [6, 6.07) is 10.0. The molecular formula is C17H18Cl2N2O4S. The molecular weight excluding hydrogens is 399 g/mol. The Hall–Kier alpha value is -1.96. The summed E-state index contributed by atoms with van der Waals surface area (Å²) >= 11 is 12.1. The zero-order chi connectivity index (χ0) is 19.5. The lowest BCUT2D eigenvalue weighted by atomic mass is 10.2. The number of rotatable bonds is 6. The molecule has 140 valence electrons. The van der Waals surface area contributed by atoms with Gasteiger partial charge in [-0.25, -0.2) is 8.42 Å². The summed E-state index contributed by atoms with van der Waals surface area (Å²) in [5.41, 5.74) is 0.646. The topological polar surface area (TPSA) is 75.7 Å². The van der Waals surface area contributed by atoms with Crippen molar-refractivity contribution in [3.05, 3.63) is 52.5 Å². The van der Waals surface area contributed by atoms with Gasteiger partial charge in [0.25, 0.3) is 0 Å². The van der Waals surface area contributed by atoms with Crippen molar-refractivity contribution in [3.8, 4) is 5.75 Å². The highest BCUT2D eigenvalue weighted by molar-refractivity contribution is 7.92. The Labute approximate surface area is 162 Å². The second-order valence-corrected chi connectivity index (χ2v) is 8.25. The highest BCUT2D eigenvalue weighted by Crippen LogP contribution is 2.32. The van der Waals surface area contributed by atoms with Crippen LogP contribution >= 0.6 is 23.2 Å². The number of carbonyl (C=O) groups is 1. The van der Waals surface area contributed by atoms with Crippen LogP contribution < -0.4 is 14.4 Å².